The first-order valence-corrected chi connectivity index (χ1v) is 5.75. The van der Waals surface area contributed by atoms with Crippen molar-refractivity contribution in [3.63, 3.8) is 0 Å². The van der Waals surface area contributed by atoms with Gasteiger partial charge in [0.15, 0.2) is 0 Å². The highest BCUT2D eigenvalue weighted by molar-refractivity contribution is 6.23. The summed E-state index contributed by atoms with van der Waals surface area (Å²) in [5.41, 5.74) is -0.597. The lowest BCUT2D eigenvalue weighted by Gasteiger charge is -2.21. The second-order valence-corrected chi connectivity index (χ2v) is 4.19. The molecule has 0 saturated heterocycles. The molecule has 0 aliphatic heterocycles. The summed E-state index contributed by atoms with van der Waals surface area (Å²) in [6.07, 6.45) is 3.69. The zero-order chi connectivity index (χ0) is 11.0. The van der Waals surface area contributed by atoms with Crippen LogP contribution in [-0.4, -0.2) is 23.8 Å². The Kier molecular flexibility index (Phi) is 7.20. The van der Waals surface area contributed by atoms with Gasteiger partial charge in [0, 0.05) is 18.2 Å². The second kappa shape index (κ2) is 7.24. The van der Waals surface area contributed by atoms with Gasteiger partial charge in [-0.1, -0.05) is 6.42 Å². The number of alkyl halides is 2. The largest absolute Gasteiger partial charge is 0.303 e. The van der Waals surface area contributed by atoms with E-state index in [0.29, 0.717) is 12.8 Å². The number of hydrogen-bond donors (Lipinski definition) is 0. The van der Waals surface area contributed by atoms with E-state index in [1.165, 1.54) is 0 Å². The third kappa shape index (κ3) is 4.97. The molecule has 0 bridgehead atoms. The van der Waals surface area contributed by atoms with Gasteiger partial charge >= 0.3 is 0 Å². The molecule has 0 rings (SSSR count). The Morgan fingerprint density at radius 2 is 1.86 bits per heavy atom. The van der Waals surface area contributed by atoms with Crippen molar-refractivity contribution in [1.29, 1.82) is 0 Å². The quantitative estimate of drug-likeness (QED) is 0.371. The Balaban J connectivity index is 3.82. The molecule has 0 spiro atoms. The molecule has 2 nitrogen and oxygen atoms in total. The van der Waals surface area contributed by atoms with E-state index in [1.807, 2.05) is 0 Å². The van der Waals surface area contributed by atoms with Crippen molar-refractivity contribution in [2.75, 3.05) is 11.8 Å². The van der Waals surface area contributed by atoms with Crippen molar-refractivity contribution in [3.8, 4) is 0 Å². The van der Waals surface area contributed by atoms with Crippen molar-refractivity contribution in [2.45, 2.75) is 32.6 Å². The molecule has 0 aromatic heterocycles. The molecule has 0 aromatic carbocycles. The molecule has 82 valence electrons. The average molecular weight is 239 g/mol. The first-order chi connectivity index (χ1) is 6.60. The number of halogens is 2. The first-order valence-electron chi connectivity index (χ1n) is 4.68. The fourth-order valence-corrected chi connectivity index (χ4v) is 1.82. The minimum Gasteiger partial charge on any atom is -0.303 e. The highest BCUT2D eigenvalue weighted by Gasteiger charge is 2.27. The molecule has 0 aromatic rings. The van der Waals surface area contributed by atoms with Gasteiger partial charge in [-0.25, -0.2) is 0 Å². The van der Waals surface area contributed by atoms with E-state index in [1.54, 1.807) is 6.92 Å². The fourth-order valence-electron chi connectivity index (χ4n) is 1.14. The Bertz CT molecular complexity index is 189. The van der Waals surface area contributed by atoms with E-state index < -0.39 is 5.41 Å². The smallest absolute Gasteiger partial charge is 0.129 e. The number of hydrogen-bond acceptors (Lipinski definition) is 2. The van der Waals surface area contributed by atoms with Gasteiger partial charge in [0.2, 0.25) is 0 Å². The summed E-state index contributed by atoms with van der Waals surface area (Å²) in [7, 11) is 0. The highest BCUT2D eigenvalue weighted by Crippen LogP contribution is 2.26. The fraction of sp³-hybridized carbons (Fsp3) is 0.800. The van der Waals surface area contributed by atoms with E-state index in [9.17, 15) is 9.59 Å². The van der Waals surface area contributed by atoms with Crippen LogP contribution in [0.15, 0.2) is 0 Å². The van der Waals surface area contributed by atoms with E-state index in [2.05, 4.69) is 0 Å². The zero-order valence-corrected chi connectivity index (χ0v) is 9.90. The molecule has 0 saturated carbocycles. The summed E-state index contributed by atoms with van der Waals surface area (Å²) in [4.78, 5) is 21.4. The summed E-state index contributed by atoms with van der Waals surface area (Å²) in [5.74, 6) is 0.679. The second-order valence-electron chi connectivity index (χ2n) is 3.66. The molecule has 0 atom stereocenters. The van der Waals surface area contributed by atoms with Crippen molar-refractivity contribution in [2.24, 2.45) is 5.41 Å². The van der Waals surface area contributed by atoms with Crippen molar-refractivity contribution >= 4 is 35.3 Å². The van der Waals surface area contributed by atoms with Crippen LogP contribution in [0.4, 0.5) is 0 Å². The lowest BCUT2D eigenvalue weighted by molar-refractivity contribution is -0.117. The first kappa shape index (κ1) is 13.9. The van der Waals surface area contributed by atoms with Crippen LogP contribution in [0.2, 0.25) is 0 Å². The molecule has 0 amide bonds. The number of ketones is 1. The van der Waals surface area contributed by atoms with Gasteiger partial charge in [0.05, 0.1) is 5.41 Å². The molecule has 0 unspecified atom stereocenters. The molecule has 0 N–H and O–H groups in total. The highest BCUT2D eigenvalue weighted by atomic mass is 35.5. The van der Waals surface area contributed by atoms with Gasteiger partial charge in [-0.15, -0.1) is 23.2 Å². The number of carbonyl (C=O) groups excluding carboxylic acids is 2. The van der Waals surface area contributed by atoms with Crippen LogP contribution in [0.25, 0.3) is 0 Å². The molecule has 0 heterocycles. The van der Waals surface area contributed by atoms with Gasteiger partial charge < -0.3 is 9.59 Å². The number of Topliss-reactive ketones (excluding diaryl/α,β-unsaturated/α-hetero) is 1. The van der Waals surface area contributed by atoms with Crippen molar-refractivity contribution in [3.05, 3.63) is 0 Å². The van der Waals surface area contributed by atoms with Crippen LogP contribution < -0.4 is 0 Å². The van der Waals surface area contributed by atoms with Gasteiger partial charge in [-0.2, -0.15) is 0 Å². The number of rotatable bonds is 8. The monoisotopic (exact) mass is 238 g/mol. The molecule has 0 aliphatic carbocycles. The SMILES string of the molecule is CC(=O)CCCCC(C=O)(CCl)CCl. The average Bonchev–Trinajstić information content (AvgIpc) is 2.19. The zero-order valence-electron chi connectivity index (χ0n) is 8.39. The Hall–Kier alpha value is -0.0800. The van der Waals surface area contributed by atoms with Crippen molar-refractivity contribution in [1.82, 2.24) is 0 Å². The van der Waals surface area contributed by atoms with Crippen LogP contribution in [-0.2, 0) is 9.59 Å². The maximum absolute atomic E-state index is 10.8. The Labute approximate surface area is 95.0 Å². The molecular weight excluding hydrogens is 223 g/mol. The number of carbonyl (C=O) groups is 2. The Morgan fingerprint density at radius 3 is 2.21 bits per heavy atom. The minimum absolute atomic E-state index is 0.179. The van der Waals surface area contributed by atoms with Gasteiger partial charge in [0.1, 0.15) is 12.1 Å². The predicted molar refractivity (Wildman–Crippen MR) is 59.1 cm³/mol. The topological polar surface area (TPSA) is 34.1 Å². The van der Waals surface area contributed by atoms with Gasteiger partial charge in [-0.05, 0) is 19.8 Å². The summed E-state index contributed by atoms with van der Waals surface area (Å²) >= 11 is 11.4. The molecule has 0 aliphatic rings. The molecule has 0 fully saturated rings. The predicted octanol–water partition coefficient (Wildman–Crippen LogP) is 2.80. The summed E-state index contributed by atoms with van der Waals surface area (Å²) in [5, 5.41) is 0. The molecule has 14 heavy (non-hydrogen) atoms. The summed E-state index contributed by atoms with van der Waals surface area (Å²) < 4.78 is 0. The maximum Gasteiger partial charge on any atom is 0.129 e. The van der Waals surface area contributed by atoms with Crippen LogP contribution in [0.5, 0.6) is 0 Å². The third-order valence-electron chi connectivity index (χ3n) is 2.24. The Morgan fingerprint density at radius 1 is 1.29 bits per heavy atom. The van der Waals surface area contributed by atoms with Crippen molar-refractivity contribution < 1.29 is 9.59 Å². The summed E-state index contributed by atoms with van der Waals surface area (Å²) in [6.45, 7) is 1.57. The lowest BCUT2D eigenvalue weighted by Crippen LogP contribution is -2.26. The standard InChI is InChI=1S/C10H16Cl2O2/c1-9(14)4-2-3-5-10(6-11,7-12)8-13/h8H,2-7H2,1H3. The lowest BCUT2D eigenvalue weighted by atomic mass is 9.88. The number of unbranched alkanes of at least 4 members (excludes halogenated alkanes) is 1. The van der Waals surface area contributed by atoms with Gasteiger partial charge in [0.25, 0.3) is 0 Å². The third-order valence-corrected chi connectivity index (χ3v) is 3.30. The minimum atomic E-state index is -0.597. The maximum atomic E-state index is 10.8. The molecule has 4 heteroatoms. The van der Waals surface area contributed by atoms with Gasteiger partial charge in [-0.3, -0.25) is 0 Å². The van der Waals surface area contributed by atoms with Crippen LogP contribution in [0.1, 0.15) is 32.6 Å². The van der Waals surface area contributed by atoms with Crippen LogP contribution >= 0.6 is 23.2 Å². The summed E-state index contributed by atoms with van der Waals surface area (Å²) in [6, 6.07) is 0. The normalized spacial score (nSPS) is 11.4. The molecule has 0 radical (unpaired) electrons. The van der Waals surface area contributed by atoms with Crippen LogP contribution in [0, 0.1) is 5.41 Å². The van der Waals surface area contributed by atoms with E-state index in [0.717, 1.165) is 19.1 Å². The van der Waals surface area contributed by atoms with Crippen LogP contribution in [0.3, 0.4) is 0 Å². The van der Waals surface area contributed by atoms with E-state index >= 15 is 0 Å². The van der Waals surface area contributed by atoms with E-state index in [4.69, 9.17) is 23.2 Å². The number of aldehydes is 1. The molecular formula is C10H16Cl2O2. The van der Waals surface area contributed by atoms with E-state index in [-0.39, 0.29) is 17.5 Å².